The van der Waals surface area contributed by atoms with Gasteiger partial charge in [0.2, 0.25) is 5.28 Å². The van der Waals surface area contributed by atoms with E-state index in [0.717, 1.165) is 30.2 Å². The molecule has 0 atom stereocenters. The Balaban J connectivity index is 2.21. The van der Waals surface area contributed by atoms with Crippen LogP contribution in [-0.2, 0) is 0 Å². The van der Waals surface area contributed by atoms with Crippen LogP contribution in [0.4, 0.5) is 5.82 Å². The van der Waals surface area contributed by atoms with E-state index in [4.69, 9.17) is 11.6 Å². The standard InChI is InChI=1S/C10H13BrClN3O/c11-7-5-13-9(12)14-8(7)15-10(6-16)3-1-2-4-10/h5,16H,1-4,6H2,(H,13,14,15). The summed E-state index contributed by atoms with van der Waals surface area (Å²) in [4.78, 5) is 7.98. The molecule has 6 heteroatoms. The Morgan fingerprint density at radius 3 is 2.81 bits per heavy atom. The smallest absolute Gasteiger partial charge is 0.224 e. The van der Waals surface area contributed by atoms with Gasteiger partial charge in [0.15, 0.2) is 0 Å². The minimum atomic E-state index is -0.250. The van der Waals surface area contributed by atoms with Gasteiger partial charge >= 0.3 is 0 Å². The van der Waals surface area contributed by atoms with Crippen LogP contribution in [0, 0.1) is 0 Å². The van der Waals surface area contributed by atoms with Crippen molar-refractivity contribution in [2.45, 2.75) is 31.2 Å². The predicted molar refractivity (Wildman–Crippen MR) is 66.6 cm³/mol. The molecule has 0 aliphatic heterocycles. The Morgan fingerprint density at radius 2 is 2.19 bits per heavy atom. The van der Waals surface area contributed by atoms with Crippen molar-refractivity contribution in [1.82, 2.24) is 9.97 Å². The maximum Gasteiger partial charge on any atom is 0.224 e. The van der Waals surface area contributed by atoms with Gasteiger partial charge in [0.25, 0.3) is 0 Å². The number of rotatable bonds is 3. The highest BCUT2D eigenvalue weighted by molar-refractivity contribution is 9.10. The number of nitrogens with zero attached hydrogens (tertiary/aromatic N) is 2. The third-order valence-electron chi connectivity index (χ3n) is 2.96. The number of nitrogens with one attached hydrogen (secondary N) is 1. The first-order valence-electron chi connectivity index (χ1n) is 5.22. The van der Waals surface area contributed by atoms with Gasteiger partial charge in [0.1, 0.15) is 5.82 Å². The molecule has 4 nitrogen and oxygen atoms in total. The van der Waals surface area contributed by atoms with E-state index < -0.39 is 0 Å². The number of halogens is 2. The second-order valence-electron chi connectivity index (χ2n) is 4.11. The zero-order valence-corrected chi connectivity index (χ0v) is 11.1. The highest BCUT2D eigenvalue weighted by Crippen LogP contribution is 2.34. The molecule has 2 rings (SSSR count). The molecule has 1 aromatic heterocycles. The van der Waals surface area contributed by atoms with Crippen LogP contribution in [0.25, 0.3) is 0 Å². The topological polar surface area (TPSA) is 58.0 Å². The van der Waals surface area contributed by atoms with E-state index in [-0.39, 0.29) is 17.4 Å². The Kier molecular flexibility index (Phi) is 3.66. The summed E-state index contributed by atoms with van der Waals surface area (Å²) in [5, 5.41) is 13.0. The van der Waals surface area contributed by atoms with Crippen molar-refractivity contribution in [3.63, 3.8) is 0 Å². The maximum absolute atomic E-state index is 9.48. The number of anilines is 1. The highest BCUT2D eigenvalue weighted by Gasteiger charge is 2.33. The predicted octanol–water partition coefficient (Wildman–Crippen LogP) is 2.61. The normalized spacial score (nSPS) is 18.7. The fourth-order valence-electron chi connectivity index (χ4n) is 2.06. The molecule has 0 bridgehead atoms. The van der Waals surface area contributed by atoms with Crippen molar-refractivity contribution >= 4 is 33.3 Å². The van der Waals surface area contributed by atoms with E-state index in [1.165, 1.54) is 0 Å². The van der Waals surface area contributed by atoms with Crippen molar-refractivity contribution < 1.29 is 5.11 Å². The molecule has 0 saturated heterocycles. The summed E-state index contributed by atoms with van der Waals surface area (Å²) in [7, 11) is 0. The van der Waals surface area contributed by atoms with Crippen molar-refractivity contribution in [3.05, 3.63) is 16.0 Å². The molecule has 1 aromatic rings. The molecule has 0 amide bonds. The summed E-state index contributed by atoms with van der Waals surface area (Å²) >= 11 is 9.11. The molecule has 16 heavy (non-hydrogen) atoms. The SMILES string of the molecule is OCC1(Nc2nc(Cl)ncc2Br)CCCC1. The second kappa shape index (κ2) is 4.85. The lowest BCUT2D eigenvalue weighted by Gasteiger charge is -2.28. The largest absolute Gasteiger partial charge is 0.394 e. The van der Waals surface area contributed by atoms with Gasteiger partial charge in [-0.15, -0.1) is 0 Å². The fourth-order valence-corrected chi connectivity index (χ4v) is 2.48. The van der Waals surface area contributed by atoms with E-state index in [1.54, 1.807) is 6.20 Å². The molecule has 88 valence electrons. The number of hydrogen-bond acceptors (Lipinski definition) is 4. The zero-order chi connectivity index (χ0) is 11.6. The molecule has 0 spiro atoms. The Bertz CT molecular complexity index is 382. The van der Waals surface area contributed by atoms with Gasteiger partial charge in [-0.3, -0.25) is 0 Å². The van der Waals surface area contributed by atoms with Crippen molar-refractivity contribution in [2.24, 2.45) is 0 Å². The van der Waals surface area contributed by atoms with Gasteiger partial charge in [-0.05, 0) is 40.4 Å². The average Bonchev–Trinajstić information content (AvgIpc) is 2.73. The lowest BCUT2D eigenvalue weighted by Crippen LogP contribution is -2.39. The van der Waals surface area contributed by atoms with Crippen molar-refractivity contribution in [1.29, 1.82) is 0 Å². The van der Waals surface area contributed by atoms with Crippen molar-refractivity contribution in [3.8, 4) is 0 Å². The third kappa shape index (κ3) is 2.47. The first-order chi connectivity index (χ1) is 7.65. The molecular weight excluding hydrogens is 293 g/mol. The summed E-state index contributed by atoms with van der Waals surface area (Å²) < 4.78 is 0.761. The number of aromatic nitrogens is 2. The molecule has 0 radical (unpaired) electrons. The van der Waals surface area contributed by atoms with Crippen LogP contribution in [0.15, 0.2) is 10.7 Å². The third-order valence-corrected chi connectivity index (χ3v) is 3.72. The van der Waals surface area contributed by atoms with Crippen LogP contribution in [0.1, 0.15) is 25.7 Å². The summed E-state index contributed by atoms with van der Waals surface area (Å²) in [6, 6.07) is 0. The highest BCUT2D eigenvalue weighted by atomic mass is 79.9. The van der Waals surface area contributed by atoms with Crippen LogP contribution in [0.3, 0.4) is 0 Å². The van der Waals surface area contributed by atoms with Crippen LogP contribution in [0.5, 0.6) is 0 Å². The first-order valence-corrected chi connectivity index (χ1v) is 6.39. The van der Waals surface area contributed by atoms with E-state index in [9.17, 15) is 5.11 Å². The first kappa shape index (κ1) is 12.1. The minimum Gasteiger partial charge on any atom is -0.394 e. The van der Waals surface area contributed by atoms with Gasteiger partial charge in [-0.2, -0.15) is 4.98 Å². The van der Waals surface area contributed by atoms with E-state index in [0.29, 0.717) is 5.82 Å². The van der Waals surface area contributed by atoms with Crippen LogP contribution < -0.4 is 5.32 Å². The molecule has 0 aromatic carbocycles. The van der Waals surface area contributed by atoms with Gasteiger partial charge in [-0.25, -0.2) is 4.98 Å². The molecule has 1 fully saturated rings. The molecular formula is C10H13BrClN3O. The summed E-state index contributed by atoms with van der Waals surface area (Å²) in [6.45, 7) is 0.112. The molecule has 1 saturated carbocycles. The summed E-state index contributed by atoms with van der Waals surface area (Å²) in [6.07, 6.45) is 5.78. The molecule has 2 N–H and O–H groups in total. The monoisotopic (exact) mass is 305 g/mol. The average molecular weight is 307 g/mol. The van der Waals surface area contributed by atoms with Crippen LogP contribution in [0.2, 0.25) is 5.28 Å². The quantitative estimate of drug-likeness (QED) is 0.843. The van der Waals surface area contributed by atoms with E-state index in [1.807, 2.05) is 0 Å². The Labute approximate surface area is 108 Å². The van der Waals surface area contributed by atoms with E-state index >= 15 is 0 Å². The van der Waals surface area contributed by atoms with E-state index in [2.05, 4.69) is 31.2 Å². The van der Waals surface area contributed by atoms with Gasteiger partial charge in [0.05, 0.1) is 16.6 Å². The zero-order valence-electron chi connectivity index (χ0n) is 8.71. The Morgan fingerprint density at radius 1 is 1.50 bits per heavy atom. The van der Waals surface area contributed by atoms with Gasteiger partial charge in [-0.1, -0.05) is 12.8 Å². The lowest BCUT2D eigenvalue weighted by atomic mass is 9.99. The van der Waals surface area contributed by atoms with Gasteiger partial charge < -0.3 is 10.4 Å². The second-order valence-corrected chi connectivity index (χ2v) is 5.30. The number of hydrogen-bond donors (Lipinski definition) is 2. The van der Waals surface area contributed by atoms with Crippen LogP contribution in [-0.4, -0.2) is 27.2 Å². The maximum atomic E-state index is 9.48. The molecule has 0 unspecified atom stereocenters. The fraction of sp³-hybridized carbons (Fsp3) is 0.600. The van der Waals surface area contributed by atoms with Gasteiger partial charge in [0, 0.05) is 6.20 Å². The lowest BCUT2D eigenvalue weighted by molar-refractivity contribution is 0.213. The number of aliphatic hydroxyl groups is 1. The van der Waals surface area contributed by atoms with Crippen molar-refractivity contribution in [2.75, 3.05) is 11.9 Å². The number of aliphatic hydroxyl groups excluding tert-OH is 1. The Hall–Kier alpha value is -0.390. The molecule has 1 aliphatic rings. The van der Waals surface area contributed by atoms with Crippen LogP contribution >= 0.6 is 27.5 Å². The molecule has 1 aliphatic carbocycles. The summed E-state index contributed by atoms with van der Waals surface area (Å²) in [5.41, 5.74) is -0.250. The summed E-state index contributed by atoms with van der Waals surface area (Å²) in [5.74, 6) is 0.649. The minimum absolute atomic E-state index is 0.112. The molecule has 1 heterocycles.